The van der Waals surface area contributed by atoms with Gasteiger partial charge in [-0.15, -0.1) is 0 Å². The van der Waals surface area contributed by atoms with Crippen LogP contribution < -0.4 is 0 Å². The van der Waals surface area contributed by atoms with Gasteiger partial charge >= 0.3 is 0 Å². The lowest BCUT2D eigenvalue weighted by Gasteiger charge is -2.13. The average molecular weight is 718 g/mol. The third-order valence-corrected chi connectivity index (χ3v) is 10.6. The molecule has 0 unspecified atom stereocenters. The Kier molecular flexibility index (Phi) is 7.42. The number of benzene rings is 8. The summed E-state index contributed by atoms with van der Waals surface area (Å²) in [6, 6.07) is 64.6. The molecule has 262 valence electrons. The van der Waals surface area contributed by atoms with Crippen LogP contribution in [0, 0.1) is 0 Å². The summed E-state index contributed by atoms with van der Waals surface area (Å²) in [5, 5.41) is 4.40. The first-order valence-corrected chi connectivity index (χ1v) is 18.7. The highest BCUT2D eigenvalue weighted by molar-refractivity contribution is 6.12. The fraction of sp³-hybridized carbons (Fsp3) is 0. The van der Waals surface area contributed by atoms with Crippen LogP contribution in [0.1, 0.15) is 0 Å². The first-order valence-electron chi connectivity index (χ1n) is 18.7. The molecule has 0 amide bonds. The van der Waals surface area contributed by atoms with E-state index in [9.17, 15) is 0 Å². The van der Waals surface area contributed by atoms with Gasteiger partial charge in [-0.05, 0) is 69.8 Å². The van der Waals surface area contributed by atoms with E-state index in [-0.39, 0.29) is 0 Å². The molecule has 0 aliphatic heterocycles. The van der Waals surface area contributed by atoms with E-state index in [0.29, 0.717) is 17.5 Å². The van der Waals surface area contributed by atoms with E-state index in [1.54, 1.807) is 0 Å². The van der Waals surface area contributed by atoms with E-state index in [1.807, 2.05) is 54.6 Å². The topological polar surface area (TPSA) is 65.0 Å². The zero-order valence-electron chi connectivity index (χ0n) is 30.1. The van der Waals surface area contributed by atoms with E-state index >= 15 is 0 Å². The van der Waals surface area contributed by atoms with E-state index in [2.05, 4.69) is 133 Å². The lowest BCUT2D eigenvalue weighted by Crippen LogP contribution is -2.01. The Morgan fingerprint density at radius 2 is 0.768 bits per heavy atom. The molecule has 0 saturated heterocycles. The number of nitrogens with zero attached hydrogens (tertiary/aromatic N) is 3. The summed E-state index contributed by atoms with van der Waals surface area (Å²) < 4.78 is 12.3. The van der Waals surface area contributed by atoms with Gasteiger partial charge in [0.1, 0.15) is 22.3 Å². The SMILES string of the molecule is c1ccc(-c2ccccc2-c2nc(-c3ccc(-c4cccc5oc6ccccc6c45)cc3)nc(-c3cccc(-c4ccc5oc6ccccc6c5c4)c3)n2)cc1. The quantitative estimate of drug-likeness (QED) is 0.171. The average Bonchev–Trinajstić information content (AvgIpc) is 3.85. The third-order valence-electron chi connectivity index (χ3n) is 10.6. The molecule has 5 nitrogen and oxygen atoms in total. The van der Waals surface area contributed by atoms with Crippen molar-refractivity contribution in [3.63, 3.8) is 0 Å². The van der Waals surface area contributed by atoms with Crippen LogP contribution >= 0.6 is 0 Å². The number of para-hydroxylation sites is 2. The van der Waals surface area contributed by atoms with E-state index in [0.717, 1.165) is 93.9 Å². The molecule has 5 heteroatoms. The van der Waals surface area contributed by atoms with Crippen molar-refractivity contribution in [3.05, 3.63) is 188 Å². The standard InChI is InChI=1S/C51H31N3O2/c1-2-12-32(13-3-1)38-16-4-5-18-41(38)51-53-49(34-26-24-33(25-27-34)39-20-11-23-47-48(39)42-19-7-9-22-45(42)56-47)52-50(54-51)37-15-10-14-35(30-37)36-28-29-46-43(31-36)40-17-6-8-21-44(40)55-46/h1-31H. The molecule has 0 aliphatic carbocycles. The van der Waals surface area contributed by atoms with Crippen molar-refractivity contribution in [2.45, 2.75) is 0 Å². The van der Waals surface area contributed by atoms with Crippen LogP contribution in [0.25, 0.3) is 111 Å². The molecule has 11 rings (SSSR count). The fourth-order valence-electron chi connectivity index (χ4n) is 7.86. The largest absolute Gasteiger partial charge is 0.456 e. The monoisotopic (exact) mass is 717 g/mol. The predicted molar refractivity (Wildman–Crippen MR) is 227 cm³/mol. The van der Waals surface area contributed by atoms with E-state index in [4.69, 9.17) is 23.8 Å². The maximum atomic E-state index is 6.20. The number of hydrogen-bond donors (Lipinski definition) is 0. The van der Waals surface area contributed by atoms with Gasteiger partial charge < -0.3 is 8.83 Å². The van der Waals surface area contributed by atoms with Crippen molar-refractivity contribution in [2.24, 2.45) is 0 Å². The smallest absolute Gasteiger partial charge is 0.164 e. The zero-order valence-corrected chi connectivity index (χ0v) is 30.1. The minimum atomic E-state index is 0.600. The van der Waals surface area contributed by atoms with Crippen molar-refractivity contribution in [1.82, 2.24) is 15.0 Å². The van der Waals surface area contributed by atoms with Crippen LogP contribution in [-0.4, -0.2) is 15.0 Å². The molecular formula is C51H31N3O2. The van der Waals surface area contributed by atoms with Crippen LogP contribution in [0.2, 0.25) is 0 Å². The summed E-state index contributed by atoms with van der Waals surface area (Å²) in [5.41, 5.74) is 12.8. The second-order valence-corrected chi connectivity index (χ2v) is 14.0. The van der Waals surface area contributed by atoms with Gasteiger partial charge in [-0.2, -0.15) is 0 Å². The highest BCUT2D eigenvalue weighted by atomic mass is 16.3. The Labute approximate surface area is 322 Å². The Hall–Kier alpha value is -7.63. The summed E-state index contributed by atoms with van der Waals surface area (Å²) in [7, 11) is 0. The van der Waals surface area contributed by atoms with Crippen LogP contribution in [0.4, 0.5) is 0 Å². The number of fused-ring (bicyclic) bond motifs is 6. The molecule has 3 heterocycles. The molecule has 0 aliphatic rings. The molecule has 0 spiro atoms. The van der Waals surface area contributed by atoms with Crippen molar-refractivity contribution >= 4 is 43.9 Å². The molecule has 0 atom stereocenters. The summed E-state index contributed by atoms with van der Waals surface area (Å²) in [5.74, 6) is 1.81. The summed E-state index contributed by atoms with van der Waals surface area (Å²) >= 11 is 0. The van der Waals surface area contributed by atoms with Crippen LogP contribution in [0.15, 0.2) is 197 Å². The van der Waals surface area contributed by atoms with E-state index in [1.165, 1.54) is 0 Å². The number of rotatable bonds is 6. The highest BCUT2D eigenvalue weighted by Gasteiger charge is 2.18. The maximum absolute atomic E-state index is 6.20. The third kappa shape index (κ3) is 5.45. The second-order valence-electron chi connectivity index (χ2n) is 14.0. The first kappa shape index (κ1) is 31.9. The molecule has 56 heavy (non-hydrogen) atoms. The first-order chi connectivity index (χ1) is 27.7. The molecular weight excluding hydrogens is 687 g/mol. The van der Waals surface area contributed by atoms with Gasteiger partial charge in [0.05, 0.1) is 0 Å². The van der Waals surface area contributed by atoms with Gasteiger partial charge in [-0.1, -0.05) is 152 Å². The van der Waals surface area contributed by atoms with Crippen LogP contribution in [0.5, 0.6) is 0 Å². The molecule has 11 aromatic rings. The molecule has 0 bridgehead atoms. The van der Waals surface area contributed by atoms with Crippen molar-refractivity contribution < 1.29 is 8.83 Å². The van der Waals surface area contributed by atoms with Gasteiger partial charge in [-0.25, -0.2) is 15.0 Å². The minimum Gasteiger partial charge on any atom is -0.456 e. The maximum Gasteiger partial charge on any atom is 0.164 e. The van der Waals surface area contributed by atoms with Crippen molar-refractivity contribution in [2.75, 3.05) is 0 Å². The number of hydrogen-bond acceptors (Lipinski definition) is 5. The summed E-state index contributed by atoms with van der Waals surface area (Å²) in [6.07, 6.45) is 0. The highest BCUT2D eigenvalue weighted by Crippen LogP contribution is 2.38. The molecule has 0 radical (unpaired) electrons. The Morgan fingerprint density at radius 3 is 1.61 bits per heavy atom. The zero-order chi connectivity index (χ0) is 37.0. The number of aromatic nitrogens is 3. The summed E-state index contributed by atoms with van der Waals surface area (Å²) in [6.45, 7) is 0. The lowest BCUT2D eigenvalue weighted by molar-refractivity contribution is 0.668. The molecule has 8 aromatic carbocycles. The van der Waals surface area contributed by atoms with Gasteiger partial charge in [0.25, 0.3) is 0 Å². The van der Waals surface area contributed by atoms with Gasteiger partial charge in [0, 0.05) is 38.2 Å². The minimum absolute atomic E-state index is 0.600. The molecule has 0 N–H and O–H groups in total. The number of furan rings is 2. The van der Waals surface area contributed by atoms with Crippen LogP contribution in [-0.2, 0) is 0 Å². The summed E-state index contributed by atoms with van der Waals surface area (Å²) in [4.78, 5) is 15.5. The normalized spacial score (nSPS) is 11.6. The van der Waals surface area contributed by atoms with Gasteiger partial charge in [-0.3, -0.25) is 0 Å². The molecule has 0 saturated carbocycles. The predicted octanol–water partition coefficient (Wildman–Crippen LogP) is 13.7. The fourth-order valence-corrected chi connectivity index (χ4v) is 7.86. The Morgan fingerprint density at radius 1 is 0.268 bits per heavy atom. The second kappa shape index (κ2) is 13.0. The molecule has 3 aromatic heterocycles. The van der Waals surface area contributed by atoms with Crippen LogP contribution in [0.3, 0.4) is 0 Å². The van der Waals surface area contributed by atoms with Crippen molar-refractivity contribution in [1.29, 1.82) is 0 Å². The van der Waals surface area contributed by atoms with Crippen molar-refractivity contribution in [3.8, 4) is 67.5 Å². The Balaban J connectivity index is 1.05. The van der Waals surface area contributed by atoms with Gasteiger partial charge in [0.2, 0.25) is 0 Å². The van der Waals surface area contributed by atoms with Gasteiger partial charge in [0.15, 0.2) is 17.5 Å². The van der Waals surface area contributed by atoms with E-state index < -0.39 is 0 Å². The lowest BCUT2D eigenvalue weighted by atomic mass is 9.98. The molecule has 0 fully saturated rings. The Bertz CT molecular complexity index is 3250.